The number of benzene rings is 3. The number of nitrogens with zero attached hydrogens (tertiary/aromatic N) is 8. The molecule has 3 aromatic carbocycles. The minimum atomic E-state index is -1.01. The van der Waals surface area contributed by atoms with E-state index >= 15 is 0 Å². The van der Waals surface area contributed by atoms with Crippen LogP contribution in [-0.2, 0) is 16.9 Å². The average molecular weight is 686 g/mol. The van der Waals surface area contributed by atoms with Crippen LogP contribution in [0.5, 0.6) is 5.75 Å². The molecule has 50 heavy (non-hydrogen) atoms. The summed E-state index contributed by atoms with van der Waals surface area (Å²) in [4.78, 5) is 21.6. The standard InChI is InChI=1S/C36H41F2N9O3/c1-2-28(19-39)47-35(48)46(25-42-47)31-6-4-29(5-7-31)43-13-15-44(16-14-43)30-8-10-32(11-9-30)49-20-26-18-36(50-21-26,22-45-24-40-23-41-45)33-12-3-27(37)17-34(33)38/h3-12,17,23-26,28H,2,13-16,18-22,39H2,1H3. The summed E-state index contributed by atoms with van der Waals surface area (Å²) >= 11 is 0. The normalized spacial score (nSPS) is 20.0. The van der Waals surface area contributed by atoms with Gasteiger partial charge >= 0.3 is 5.69 Å². The lowest BCUT2D eigenvalue weighted by atomic mass is 9.87. The van der Waals surface area contributed by atoms with Gasteiger partial charge < -0.3 is 25.0 Å². The van der Waals surface area contributed by atoms with Gasteiger partial charge in [-0.3, -0.25) is 0 Å². The summed E-state index contributed by atoms with van der Waals surface area (Å²) < 4.78 is 45.7. The number of nitrogens with two attached hydrogens (primary N) is 1. The lowest BCUT2D eigenvalue weighted by Crippen LogP contribution is -2.46. The number of aromatic nitrogens is 6. The molecule has 0 amide bonds. The van der Waals surface area contributed by atoms with E-state index in [2.05, 4.69) is 37.1 Å². The highest BCUT2D eigenvalue weighted by Crippen LogP contribution is 2.42. The van der Waals surface area contributed by atoms with Crippen molar-refractivity contribution in [2.45, 2.75) is 38.0 Å². The third kappa shape index (κ3) is 6.85. The summed E-state index contributed by atoms with van der Waals surface area (Å²) in [5.41, 5.74) is 7.91. The molecule has 0 spiro atoms. The molecule has 2 aromatic heterocycles. The van der Waals surface area contributed by atoms with Gasteiger partial charge in [0, 0.05) is 61.6 Å². The number of rotatable bonds is 12. The number of piperazine rings is 1. The topological polar surface area (TPSA) is 121 Å². The SMILES string of the molecule is CCC(CN)n1ncn(-c2ccc(N3CCN(c4ccc(OCC5COC(Cn6cncn6)(c6ccc(F)cc6F)C5)cc4)CC3)cc2)c1=O. The molecule has 2 fully saturated rings. The van der Waals surface area contributed by atoms with Crippen molar-refractivity contribution in [1.29, 1.82) is 0 Å². The van der Waals surface area contributed by atoms with Crippen LogP contribution in [0.3, 0.4) is 0 Å². The largest absolute Gasteiger partial charge is 0.493 e. The van der Waals surface area contributed by atoms with Crippen molar-refractivity contribution in [2.24, 2.45) is 11.7 Å². The molecule has 0 bridgehead atoms. The van der Waals surface area contributed by atoms with E-state index in [0.29, 0.717) is 31.7 Å². The molecule has 0 radical (unpaired) electrons. The maximum Gasteiger partial charge on any atom is 0.350 e. The van der Waals surface area contributed by atoms with Gasteiger partial charge in [-0.05, 0) is 67.4 Å². The Bertz CT molecular complexity index is 1920. The molecule has 3 unspecified atom stereocenters. The molecule has 14 heteroatoms. The van der Waals surface area contributed by atoms with Crippen molar-refractivity contribution in [1.82, 2.24) is 29.1 Å². The lowest BCUT2D eigenvalue weighted by molar-refractivity contribution is -0.0206. The fourth-order valence-electron chi connectivity index (χ4n) is 6.98. The molecule has 262 valence electrons. The number of hydrogen-bond acceptors (Lipinski definition) is 9. The Hall–Kier alpha value is -5.08. The maximum atomic E-state index is 15.0. The van der Waals surface area contributed by atoms with E-state index in [-0.39, 0.29) is 24.2 Å². The first-order chi connectivity index (χ1) is 24.4. The maximum absolute atomic E-state index is 15.0. The summed E-state index contributed by atoms with van der Waals surface area (Å²) in [6.07, 6.45) is 5.76. The molecule has 4 heterocycles. The summed E-state index contributed by atoms with van der Waals surface area (Å²) in [5, 5.41) is 8.47. The quantitative estimate of drug-likeness (QED) is 0.207. The average Bonchev–Trinajstić information content (AvgIpc) is 3.90. The van der Waals surface area contributed by atoms with Crippen molar-refractivity contribution in [2.75, 3.05) is 55.7 Å². The molecule has 3 atom stereocenters. The first-order valence-corrected chi connectivity index (χ1v) is 17.0. The second kappa shape index (κ2) is 14.4. The zero-order valence-corrected chi connectivity index (χ0v) is 27.9. The molecule has 5 aromatic rings. The van der Waals surface area contributed by atoms with E-state index in [9.17, 15) is 13.6 Å². The van der Waals surface area contributed by atoms with Gasteiger partial charge in [0.2, 0.25) is 0 Å². The molecule has 0 aliphatic carbocycles. The van der Waals surface area contributed by atoms with E-state index in [1.807, 2.05) is 43.3 Å². The smallest absolute Gasteiger partial charge is 0.350 e. The van der Waals surface area contributed by atoms with Crippen LogP contribution in [0, 0.1) is 17.6 Å². The van der Waals surface area contributed by atoms with Crippen molar-refractivity contribution in [3.8, 4) is 11.4 Å². The second-order valence-corrected chi connectivity index (χ2v) is 12.9. The summed E-state index contributed by atoms with van der Waals surface area (Å²) in [7, 11) is 0. The summed E-state index contributed by atoms with van der Waals surface area (Å²) in [6, 6.07) is 19.6. The van der Waals surface area contributed by atoms with Gasteiger partial charge in [0.25, 0.3) is 0 Å². The van der Waals surface area contributed by atoms with E-state index in [0.717, 1.165) is 61.5 Å². The number of ether oxygens (including phenoxy) is 2. The van der Waals surface area contributed by atoms with Gasteiger partial charge in [0.15, 0.2) is 0 Å². The van der Waals surface area contributed by atoms with E-state index in [1.54, 1.807) is 21.9 Å². The molecular formula is C36H41F2N9O3. The van der Waals surface area contributed by atoms with E-state index < -0.39 is 17.2 Å². The van der Waals surface area contributed by atoms with Gasteiger partial charge in [0.05, 0.1) is 31.5 Å². The highest BCUT2D eigenvalue weighted by Gasteiger charge is 2.44. The van der Waals surface area contributed by atoms with Gasteiger partial charge in [-0.25, -0.2) is 32.5 Å². The van der Waals surface area contributed by atoms with Crippen LogP contribution in [0.25, 0.3) is 5.69 Å². The van der Waals surface area contributed by atoms with Crippen LogP contribution in [0.2, 0.25) is 0 Å². The fraction of sp³-hybridized carbons (Fsp3) is 0.389. The van der Waals surface area contributed by atoms with Crippen LogP contribution in [-0.4, -0.2) is 75.0 Å². The molecule has 2 aliphatic heterocycles. The zero-order chi connectivity index (χ0) is 34.7. The van der Waals surface area contributed by atoms with Gasteiger partial charge in [-0.2, -0.15) is 10.2 Å². The van der Waals surface area contributed by atoms with Crippen LogP contribution >= 0.6 is 0 Å². The van der Waals surface area contributed by atoms with Gasteiger partial charge in [-0.15, -0.1) is 0 Å². The van der Waals surface area contributed by atoms with Crippen LogP contribution in [0.1, 0.15) is 31.4 Å². The van der Waals surface area contributed by atoms with Crippen molar-refractivity contribution >= 4 is 11.4 Å². The van der Waals surface area contributed by atoms with Gasteiger partial charge in [-0.1, -0.05) is 13.0 Å². The van der Waals surface area contributed by atoms with E-state index in [4.69, 9.17) is 15.2 Å². The van der Waals surface area contributed by atoms with Crippen LogP contribution in [0.15, 0.2) is 90.5 Å². The third-order valence-corrected chi connectivity index (χ3v) is 9.76. The summed E-state index contributed by atoms with van der Waals surface area (Å²) in [6.45, 7) is 6.81. The van der Waals surface area contributed by atoms with Crippen molar-refractivity contribution < 1.29 is 18.3 Å². The highest BCUT2D eigenvalue weighted by molar-refractivity contribution is 5.54. The molecule has 7 rings (SSSR count). The van der Waals surface area contributed by atoms with Crippen LogP contribution < -0.4 is 26.0 Å². The monoisotopic (exact) mass is 685 g/mol. The second-order valence-electron chi connectivity index (χ2n) is 12.9. The number of anilines is 2. The van der Waals surface area contributed by atoms with E-state index in [1.165, 1.54) is 23.1 Å². The first-order valence-electron chi connectivity index (χ1n) is 17.0. The number of hydrogen-bond donors (Lipinski definition) is 1. The molecule has 0 saturated carbocycles. The molecule has 2 saturated heterocycles. The van der Waals surface area contributed by atoms with Crippen molar-refractivity contribution in [3.63, 3.8) is 0 Å². The lowest BCUT2D eigenvalue weighted by Gasteiger charge is -2.37. The Morgan fingerprint density at radius 1 is 0.940 bits per heavy atom. The molecule has 2 aliphatic rings. The predicted molar refractivity (Wildman–Crippen MR) is 185 cm³/mol. The van der Waals surface area contributed by atoms with Gasteiger partial charge in [0.1, 0.15) is 42.0 Å². The summed E-state index contributed by atoms with van der Waals surface area (Å²) in [5.74, 6) is -0.544. The first kappa shape index (κ1) is 33.4. The third-order valence-electron chi connectivity index (χ3n) is 9.76. The minimum Gasteiger partial charge on any atom is -0.493 e. The Morgan fingerprint density at radius 2 is 1.62 bits per heavy atom. The zero-order valence-electron chi connectivity index (χ0n) is 27.9. The Kier molecular flexibility index (Phi) is 9.63. The Labute approximate surface area is 288 Å². The molecular weight excluding hydrogens is 644 g/mol. The number of halogens is 2. The Balaban J connectivity index is 0.924. The van der Waals surface area contributed by atoms with Crippen molar-refractivity contribution in [3.05, 3.63) is 113 Å². The predicted octanol–water partition coefficient (Wildman–Crippen LogP) is 4.15. The Morgan fingerprint density at radius 3 is 2.24 bits per heavy atom. The highest BCUT2D eigenvalue weighted by atomic mass is 19.1. The molecule has 12 nitrogen and oxygen atoms in total. The fourth-order valence-corrected chi connectivity index (χ4v) is 6.98. The van der Waals surface area contributed by atoms with Crippen LogP contribution in [0.4, 0.5) is 20.2 Å². The molecule has 2 N–H and O–H groups in total. The minimum absolute atomic E-state index is 0.00645.